The summed E-state index contributed by atoms with van der Waals surface area (Å²) in [5.74, 6) is -0.537. The predicted octanol–water partition coefficient (Wildman–Crippen LogP) is 1.46. The van der Waals surface area contributed by atoms with Crippen LogP contribution in [0.4, 0.5) is 0 Å². The number of halogens is 1. The van der Waals surface area contributed by atoms with Crippen LogP contribution in [0.3, 0.4) is 0 Å². The largest absolute Gasteiger partial charge is 0.496 e. The highest BCUT2D eigenvalue weighted by Crippen LogP contribution is 2.21. The first kappa shape index (κ1) is 22.3. The standard InChI is InChI=1S/C18H22IN3O5S/c1-3-8-27-15(23)10-13-17(25)20-6-7-22(13)18(28)21-16(24)11-4-5-14(26-2)12(19)9-11/h4-5,9,13H,3,6-8,10H2,1-2H3,(H,20,25)(H,21,24,28). The Labute approximate surface area is 182 Å². The van der Waals surface area contributed by atoms with E-state index in [1.807, 2.05) is 6.92 Å². The zero-order chi connectivity index (χ0) is 20.7. The number of hydrogen-bond donors (Lipinski definition) is 2. The summed E-state index contributed by atoms with van der Waals surface area (Å²) in [6.45, 7) is 2.94. The third-order valence-electron chi connectivity index (χ3n) is 4.05. The van der Waals surface area contributed by atoms with Gasteiger partial charge in [0.1, 0.15) is 11.8 Å². The van der Waals surface area contributed by atoms with Crippen molar-refractivity contribution in [1.29, 1.82) is 0 Å². The Hall–Kier alpha value is -1.95. The summed E-state index contributed by atoms with van der Waals surface area (Å²) in [5, 5.41) is 5.44. The molecule has 2 amide bonds. The second kappa shape index (κ2) is 10.6. The quantitative estimate of drug-likeness (QED) is 0.334. The van der Waals surface area contributed by atoms with Gasteiger partial charge in [-0.3, -0.25) is 19.7 Å². The van der Waals surface area contributed by atoms with Gasteiger partial charge in [-0.1, -0.05) is 6.92 Å². The number of carbonyl (C=O) groups is 3. The number of ether oxygens (including phenoxy) is 2. The monoisotopic (exact) mass is 519 g/mol. The molecule has 0 aromatic heterocycles. The van der Waals surface area contributed by atoms with E-state index >= 15 is 0 Å². The third kappa shape index (κ3) is 5.77. The van der Waals surface area contributed by atoms with Crippen molar-refractivity contribution in [3.8, 4) is 5.75 Å². The maximum absolute atomic E-state index is 12.5. The fourth-order valence-corrected chi connectivity index (χ4v) is 3.69. The van der Waals surface area contributed by atoms with Crippen LogP contribution in [0.25, 0.3) is 0 Å². The van der Waals surface area contributed by atoms with Gasteiger partial charge >= 0.3 is 5.97 Å². The minimum Gasteiger partial charge on any atom is -0.496 e. The van der Waals surface area contributed by atoms with E-state index in [4.69, 9.17) is 21.7 Å². The fraction of sp³-hybridized carbons (Fsp3) is 0.444. The molecule has 1 heterocycles. The zero-order valence-electron chi connectivity index (χ0n) is 15.6. The maximum atomic E-state index is 12.5. The number of rotatable bonds is 6. The molecule has 1 fully saturated rings. The molecule has 1 aromatic rings. The average molecular weight is 519 g/mol. The second-order valence-corrected chi connectivity index (χ2v) is 7.58. The summed E-state index contributed by atoms with van der Waals surface area (Å²) in [4.78, 5) is 38.3. The Morgan fingerprint density at radius 3 is 2.82 bits per heavy atom. The van der Waals surface area contributed by atoms with Gasteiger partial charge in [0.05, 0.1) is 23.7 Å². The van der Waals surface area contributed by atoms with E-state index in [2.05, 4.69) is 33.2 Å². The first-order valence-corrected chi connectivity index (χ1v) is 10.2. The van der Waals surface area contributed by atoms with Crippen LogP contribution in [0.1, 0.15) is 30.1 Å². The number of methoxy groups -OCH3 is 1. The lowest BCUT2D eigenvalue weighted by Gasteiger charge is -2.36. The molecule has 1 atom stereocenters. The second-order valence-electron chi connectivity index (χ2n) is 6.03. The number of amides is 2. The summed E-state index contributed by atoms with van der Waals surface area (Å²) >= 11 is 7.41. The summed E-state index contributed by atoms with van der Waals surface area (Å²) < 4.78 is 11.0. The molecule has 152 valence electrons. The molecule has 10 heteroatoms. The Morgan fingerprint density at radius 1 is 1.43 bits per heavy atom. The lowest BCUT2D eigenvalue weighted by molar-refractivity contribution is -0.147. The molecule has 0 spiro atoms. The van der Waals surface area contributed by atoms with Crippen LogP contribution in [0.5, 0.6) is 5.75 Å². The minimum absolute atomic E-state index is 0.0963. The number of piperazine rings is 1. The topological polar surface area (TPSA) is 97.0 Å². The molecule has 1 saturated heterocycles. The van der Waals surface area contributed by atoms with Crippen molar-refractivity contribution in [2.24, 2.45) is 0 Å². The summed E-state index contributed by atoms with van der Waals surface area (Å²) in [7, 11) is 1.55. The first-order valence-electron chi connectivity index (χ1n) is 8.76. The lowest BCUT2D eigenvalue weighted by atomic mass is 10.1. The molecule has 2 N–H and O–H groups in total. The van der Waals surface area contributed by atoms with Crippen molar-refractivity contribution in [1.82, 2.24) is 15.5 Å². The Kier molecular flexibility index (Phi) is 8.42. The van der Waals surface area contributed by atoms with Crippen molar-refractivity contribution in [3.05, 3.63) is 27.3 Å². The van der Waals surface area contributed by atoms with E-state index in [-0.39, 0.29) is 17.4 Å². The first-order chi connectivity index (χ1) is 13.4. The molecular formula is C18H22IN3O5S. The number of hydrogen-bond acceptors (Lipinski definition) is 6. The molecule has 0 saturated carbocycles. The molecule has 1 aliphatic heterocycles. The molecule has 8 nitrogen and oxygen atoms in total. The Balaban J connectivity index is 2.07. The average Bonchev–Trinajstić information content (AvgIpc) is 2.67. The molecule has 1 aromatic carbocycles. The third-order valence-corrected chi connectivity index (χ3v) is 5.23. The van der Waals surface area contributed by atoms with Gasteiger partial charge in [-0.25, -0.2) is 0 Å². The van der Waals surface area contributed by atoms with E-state index in [1.165, 1.54) is 0 Å². The molecule has 0 radical (unpaired) electrons. The van der Waals surface area contributed by atoms with Crippen LogP contribution in [0, 0.1) is 3.57 Å². The van der Waals surface area contributed by atoms with Gasteiger partial charge in [0.15, 0.2) is 5.11 Å². The van der Waals surface area contributed by atoms with Crippen molar-refractivity contribution < 1.29 is 23.9 Å². The molecule has 1 unspecified atom stereocenters. The molecule has 0 aliphatic carbocycles. The smallest absolute Gasteiger partial charge is 0.308 e. The number of benzene rings is 1. The number of nitrogens with one attached hydrogen (secondary N) is 2. The summed E-state index contributed by atoms with van der Waals surface area (Å²) in [5.41, 5.74) is 0.410. The van der Waals surface area contributed by atoms with Crippen molar-refractivity contribution in [2.75, 3.05) is 26.8 Å². The van der Waals surface area contributed by atoms with Crippen LogP contribution in [0.15, 0.2) is 18.2 Å². The molecule has 0 bridgehead atoms. The molecule has 1 aliphatic rings. The Bertz CT molecular complexity index is 774. The Morgan fingerprint density at radius 2 is 2.18 bits per heavy atom. The highest BCUT2D eigenvalue weighted by molar-refractivity contribution is 14.1. The van der Waals surface area contributed by atoms with E-state index in [0.29, 0.717) is 37.4 Å². The van der Waals surface area contributed by atoms with Crippen molar-refractivity contribution in [2.45, 2.75) is 25.8 Å². The van der Waals surface area contributed by atoms with E-state index in [9.17, 15) is 14.4 Å². The normalized spacial score (nSPS) is 16.2. The highest BCUT2D eigenvalue weighted by Gasteiger charge is 2.34. The van der Waals surface area contributed by atoms with Crippen LogP contribution < -0.4 is 15.4 Å². The van der Waals surface area contributed by atoms with Gasteiger partial charge in [-0.15, -0.1) is 0 Å². The van der Waals surface area contributed by atoms with Gasteiger partial charge in [0.25, 0.3) is 5.91 Å². The highest BCUT2D eigenvalue weighted by atomic mass is 127. The lowest BCUT2D eigenvalue weighted by Crippen LogP contribution is -2.60. The van der Waals surface area contributed by atoms with Crippen LogP contribution in [0.2, 0.25) is 0 Å². The number of nitrogens with zero attached hydrogens (tertiary/aromatic N) is 1. The van der Waals surface area contributed by atoms with Crippen molar-refractivity contribution >= 4 is 57.7 Å². The number of esters is 1. The van der Waals surface area contributed by atoms with Gasteiger partial charge < -0.3 is 19.7 Å². The number of carbonyl (C=O) groups excluding carboxylic acids is 3. The minimum atomic E-state index is -0.818. The van der Waals surface area contributed by atoms with E-state index in [1.54, 1.807) is 30.2 Å². The summed E-state index contributed by atoms with van der Waals surface area (Å²) in [6.07, 6.45) is 0.559. The van der Waals surface area contributed by atoms with Gasteiger partial charge in [0.2, 0.25) is 5.91 Å². The van der Waals surface area contributed by atoms with Crippen LogP contribution in [-0.2, 0) is 14.3 Å². The van der Waals surface area contributed by atoms with Crippen molar-refractivity contribution in [3.63, 3.8) is 0 Å². The maximum Gasteiger partial charge on any atom is 0.308 e. The van der Waals surface area contributed by atoms with Crippen LogP contribution >= 0.6 is 34.8 Å². The van der Waals surface area contributed by atoms with E-state index < -0.39 is 17.9 Å². The summed E-state index contributed by atoms with van der Waals surface area (Å²) in [6, 6.07) is 4.18. The van der Waals surface area contributed by atoms with Gasteiger partial charge in [-0.05, 0) is 59.4 Å². The van der Waals surface area contributed by atoms with E-state index in [0.717, 1.165) is 3.57 Å². The molecule has 28 heavy (non-hydrogen) atoms. The number of thiocarbonyl (C=S) groups is 1. The molecule has 2 rings (SSSR count). The van der Waals surface area contributed by atoms with Gasteiger partial charge in [-0.2, -0.15) is 0 Å². The zero-order valence-corrected chi connectivity index (χ0v) is 18.6. The SMILES string of the molecule is CCCOC(=O)CC1C(=O)NCCN1C(=S)NC(=O)c1ccc(OC)c(I)c1. The van der Waals surface area contributed by atoms with Crippen LogP contribution in [-0.4, -0.2) is 60.6 Å². The predicted molar refractivity (Wildman–Crippen MR) is 115 cm³/mol. The molecular weight excluding hydrogens is 497 g/mol. The fourth-order valence-electron chi connectivity index (χ4n) is 2.64. The van der Waals surface area contributed by atoms with Gasteiger partial charge in [0, 0.05) is 18.7 Å².